The molecule has 0 aromatic heterocycles. The molecule has 1 heterocycles. The highest BCUT2D eigenvalue weighted by Gasteiger charge is 2.33. The van der Waals surface area contributed by atoms with Crippen molar-refractivity contribution >= 4 is 5.69 Å². The molecule has 0 spiro atoms. The van der Waals surface area contributed by atoms with E-state index in [0.717, 1.165) is 31.5 Å². The van der Waals surface area contributed by atoms with Crippen molar-refractivity contribution in [3.8, 4) is 5.75 Å². The molecule has 1 aromatic carbocycles. The molecule has 0 saturated carbocycles. The van der Waals surface area contributed by atoms with Crippen LogP contribution in [0.4, 0.5) is 18.9 Å². The Kier molecular flexibility index (Phi) is 3.17. The Morgan fingerprint density at radius 1 is 1.18 bits per heavy atom. The standard InChI is InChI=1S/C12H14F3NO/c1-9-4-5-10(16-6-2-3-7-16)11(8-9)17-12(13,14)15/h4-5,8H,2-3,6-7H2,1H3. The van der Waals surface area contributed by atoms with E-state index in [9.17, 15) is 13.2 Å². The predicted molar refractivity (Wildman–Crippen MR) is 59.3 cm³/mol. The van der Waals surface area contributed by atoms with E-state index in [1.54, 1.807) is 19.1 Å². The lowest BCUT2D eigenvalue weighted by molar-refractivity contribution is -0.274. The van der Waals surface area contributed by atoms with Gasteiger partial charge in [-0.2, -0.15) is 0 Å². The quantitative estimate of drug-likeness (QED) is 0.790. The van der Waals surface area contributed by atoms with Gasteiger partial charge in [0.15, 0.2) is 5.75 Å². The third-order valence-electron chi connectivity index (χ3n) is 2.79. The third kappa shape index (κ3) is 3.05. The first-order valence-corrected chi connectivity index (χ1v) is 5.57. The predicted octanol–water partition coefficient (Wildman–Crippen LogP) is 3.49. The SMILES string of the molecule is Cc1ccc(N2CCCC2)c(OC(F)(F)F)c1. The molecular weight excluding hydrogens is 231 g/mol. The second kappa shape index (κ2) is 4.47. The lowest BCUT2D eigenvalue weighted by Crippen LogP contribution is -2.22. The largest absolute Gasteiger partial charge is 0.573 e. The molecule has 0 radical (unpaired) electrons. The van der Waals surface area contributed by atoms with E-state index < -0.39 is 6.36 Å². The minimum absolute atomic E-state index is 0.0978. The van der Waals surface area contributed by atoms with Gasteiger partial charge in [0.2, 0.25) is 0 Å². The molecule has 1 aliphatic rings. The van der Waals surface area contributed by atoms with Crippen LogP contribution >= 0.6 is 0 Å². The molecule has 1 aliphatic heterocycles. The van der Waals surface area contributed by atoms with Crippen molar-refractivity contribution < 1.29 is 17.9 Å². The lowest BCUT2D eigenvalue weighted by Gasteiger charge is -2.22. The fraction of sp³-hybridized carbons (Fsp3) is 0.500. The van der Waals surface area contributed by atoms with Crippen molar-refractivity contribution in [1.29, 1.82) is 0 Å². The monoisotopic (exact) mass is 245 g/mol. The number of anilines is 1. The van der Waals surface area contributed by atoms with Crippen molar-refractivity contribution in [1.82, 2.24) is 0 Å². The Morgan fingerprint density at radius 2 is 1.82 bits per heavy atom. The zero-order valence-corrected chi connectivity index (χ0v) is 9.55. The van der Waals surface area contributed by atoms with Crippen LogP contribution in [0.2, 0.25) is 0 Å². The Labute approximate surface area is 98.0 Å². The van der Waals surface area contributed by atoms with Crippen LogP contribution in [0.3, 0.4) is 0 Å². The molecule has 1 fully saturated rings. The molecule has 2 nitrogen and oxygen atoms in total. The summed E-state index contributed by atoms with van der Waals surface area (Å²) in [6, 6.07) is 4.93. The average molecular weight is 245 g/mol. The van der Waals surface area contributed by atoms with Gasteiger partial charge >= 0.3 is 6.36 Å². The number of alkyl halides is 3. The van der Waals surface area contributed by atoms with E-state index in [1.807, 2.05) is 4.90 Å². The summed E-state index contributed by atoms with van der Waals surface area (Å²) in [5.74, 6) is -0.0978. The molecule has 1 saturated heterocycles. The van der Waals surface area contributed by atoms with Gasteiger partial charge in [0.1, 0.15) is 0 Å². The van der Waals surface area contributed by atoms with Crippen molar-refractivity contribution in [2.75, 3.05) is 18.0 Å². The summed E-state index contributed by atoms with van der Waals surface area (Å²) in [5.41, 5.74) is 1.29. The van der Waals surface area contributed by atoms with Gasteiger partial charge in [0.25, 0.3) is 0 Å². The molecule has 1 aromatic rings. The van der Waals surface area contributed by atoms with Crippen LogP contribution in [0, 0.1) is 6.92 Å². The number of ether oxygens (including phenoxy) is 1. The van der Waals surface area contributed by atoms with Crippen LogP contribution in [-0.4, -0.2) is 19.5 Å². The zero-order chi connectivity index (χ0) is 12.5. The van der Waals surface area contributed by atoms with E-state index in [2.05, 4.69) is 4.74 Å². The van der Waals surface area contributed by atoms with Crippen molar-refractivity contribution in [2.45, 2.75) is 26.1 Å². The first-order valence-electron chi connectivity index (χ1n) is 5.57. The van der Waals surface area contributed by atoms with Gasteiger partial charge in [0.05, 0.1) is 5.69 Å². The van der Waals surface area contributed by atoms with E-state index in [0.29, 0.717) is 5.69 Å². The molecule has 0 unspecified atom stereocenters. The minimum Gasteiger partial charge on any atom is -0.404 e. The maximum absolute atomic E-state index is 12.3. The third-order valence-corrected chi connectivity index (χ3v) is 2.79. The summed E-state index contributed by atoms with van der Waals surface area (Å²) in [6.07, 6.45) is -2.61. The molecule has 0 N–H and O–H groups in total. The molecule has 0 aliphatic carbocycles. The fourth-order valence-corrected chi connectivity index (χ4v) is 2.05. The highest BCUT2D eigenvalue weighted by Crippen LogP contribution is 2.35. The van der Waals surface area contributed by atoms with Crippen LogP contribution in [0.25, 0.3) is 0 Å². The molecular formula is C12H14F3NO. The van der Waals surface area contributed by atoms with Crippen LogP contribution in [0.5, 0.6) is 5.75 Å². The fourth-order valence-electron chi connectivity index (χ4n) is 2.05. The molecule has 0 amide bonds. The van der Waals surface area contributed by atoms with Gasteiger partial charge in [-0.05, 0) is 37.5 Å². The Bertz CT molecular complexity index is 397. The van der Waals surface area contributed by atoms with Gasteiger partial charge in [-0.25, -0.2) is 0 Å². The van der Waals surface area contributed by atoms with Gasteiger partial charge in [-0.3, -0.25) is 0 Å². The summed E-state index contributed by atoms with van der Waals surface area (Å²) in [6.45, 7) is 3.32. The zero-order valence-electron chi connectivity index (χ0n) is 9.55. The van der Waals surface area contributed by atoms with Crippen LogP contribution in [0.1, 0.15) is 18.4 Å². The van der Waals surface area contributed by atoms with Crippen molar-refractivity contribution in [3.05, 3.63) is 23.8 Å². The van der Waals surface area contributed by atoms with Crippen LogP contribution in [-0.2, 0) is 0 Å². The number of hydrogen-bond acceptors (Lipinski definition) is 2. The molecule has 2 rings (SSSR count). The number of aryl methyl sites for hydroxylation is 1. The topological polar surface area (TPSA) is 12.5 Å². The summed E-state index contributed by atoms with van der Waals surface area (Å²) < 4.78 is 41.0. The molecule has 17 heavy (non-hydrogen) atoms. The van der Waals surface area contributed by atoms with E-state index >= 15 is 0 Å². The molecule has 0 bridgehead atoms. The van der Waals surface area contributed by atoms with Gasteiger partial charge in [-0.1, -0.05) is 6.07 Å². The summed E-state index contributed by atoms with van der Waals surface area (Å²) in [4.78, 5) is 1.93. The Hall–Kier alpha value is -1.39. The van der Waals surface area contributed by atoms with Crippen LogP contribution in [0.15, 0.2) is 18.2 Å². The van der Waals surface area contributed by atoms with Crippen molar-refractivity contribution in [3.63, 3.8) is 0 Å². The smallest absolute Gasteiger partial charge is 0.404 e. The number of hydrogen-bond donors (Lipinski definition) is 0. The lowest BCUT2D eigenvalue weighted by atomic mass is 10.2. The van der Waals surface area contributed by atoms with Crippen LogP contribution < -0.4 is 9.64 Å². The summed E-state index contributed by atoms with van der Waals surface area (Å²) >= 11 is 0. The highest BCUT2D eigenvalue weighted by molar-refractivity contribution is 5.60. The van der Waals surface area contributed by atoms with Gasteiger partial charge < -0.3 is 9.64 Å². The average Bonchev–Trinajstić information content (AvgIpc) is 2.68. The second-order valence-corrected chi connectivity index (χ2v) is 4.21. The number of rotatable bonds is 2. The molecule has 0 atom stereocenters. The van der Waals surface area contributed by atoms with E-state index in [1.165, 1.54) is 6.07 Å². The van der Waals surface area contributed by atoms with Gasteiger partial charge in [0, 0.05) is 13.1 Å². The normalized spacial score (nSPS) is 16.4. The second-order valence-electron chi connectivity index (χ2n) is 4.21. The van der Waals surface area contributed by atoms with E-state index in [-0.39, 0.29) is 5.75 Å². The maximum atomic E-state index is 12.3. The van der Waals surface area contributed by atoms with Gasteiger partial charge in [-0.15, -0.1) is 13.2 Å². The molecule has 94 valence electrons. The number of nitrogens with zero attached hydrogens (tertiary/aromatic N) is 1. The summed E-state index contributed by atoms with van der Waals surface area (Å²) in [7, 11) is 0. The number of halogens is 3. The molecule has 5 heteroatoms. The Balaban J connectivity index is 2.30. The Morgan fingerprint density at radius 3 is 2.41 bits per heavy atom. The minimum atomic E-state index is -4.64. The summed E-state index contributed by atoms with van der Waals surface area (Å²) in [5, 5.41) is 0. The maximum Gasteiger partial charge on any atom is 0.573 e. The number of benzene rings is 1. The first-order chi connectivity index (χ1) is 7.96. The van der Waals surface area contributed by atoms with E-state index in [4.69, 9.17) is 0 Å². The first kappa shape index (κ1) is 12.1. The van der Waals surface area contributed by atoms with Crippen molar-refractivity contribution in [2.24, 2.45) is 0 Å². The highest BCUT2D eigenvalue weighted by atomic mass is 19.4.